The number of hydrogen-bond acceptors (Lipinski definition) is 4. The van der Waals surface area contributed by atoms with Crippen molar-refractivity contribution >= 4 is 0 Å². The smallest absolute Gasteiger partial charge is 0.260 e. The molecular weight excluding hydrogens is 197 g/mol. The van der Waals surface area contributed by atoms with E-state index < -0.39 is 5.82 Å². The average Bonchev–Trinajstić information content (AvgIpc) is 2.68. The van der Waals surface area contributed by atoms with Crippen molar-refractivity contribution < 1.29 is 8.91 Å². The first-order valence-electron chi connectivity index (χ1n) is 4.25. The van der Waals surface area contributed by atoms with Gasteiger partial charge in [-0.1, -0.05) is 17.3 Å². The van der Waals surface area contributed by atoms with Crippen LogP contribution in [0.5, 0.6) is 0 Å². The predicted octanol–water partition coefficient (Wildman–Crippen LogP) is 1.94. The minimum Gasteiger partial charge on any atom is -0.334 e. The highest BCUT2D eigenvalue weighted by molar-refractivity contribution is 5.53. The van der Waals surface area contributed by atoms with Gasteiger partial charge in [0.1, 0.15) is 5.82 Å². The number of rotatable bonds is 2. The first-order chi connectivity index (χ1) is 7.31. The molecule has 0 unspecified atom stereocenters. The second kappa shape index (κ2) is 3.88. The fraction of sp³-hybridized carbons (Fsp3) is 0.100. The molecule has 15 heavy (non-hydrogen) atoms. The van der Waals surface area contributed by atoms with Crippen LogP contribution in [-0.2, 0) is 6.42 Å². The van der Waals surface area contributed by atoms with Crippen LogP contribution in [0.15, 0.2) is 28.8 Å². The molecule has 74 valence electrons. The molecule has 1 heterocycles. The highest BCUT2D eigenvalue weighted by Gasteiger charge is 2.11. The minimum absolute atomic E-state index is 0.0535. The van der Waals surface area contributed by atoms with E-state index in [1.54, 1.807) is 18.2 Å². The van der Waals surface area contributed by atoms with E-state index in [0.29, 0.717) is 0 Å². The summed E-state index contributed by atoms with van der Waals surface area (Å²) in [5.41, 5.74) is 0.245. The van der Waals surface area contributed by atoms with Crippen LogP contribution in [0.3, 0.4) is 0 Å². The third kappa shape index (κ3) is 1.83. The van der Waals surface area contributed by atoms with Gasteiger partial charge >= 0.3 is 0 Å². The fourth-order valence-electron chi connectivity index (χ4n) is 1.14. The first kappa shape index (κ1) is 9.34. The lowest BCUT2D eigenvalue weighted by Gasteiger charge is -1.94. The van der Waals surface area contributed by atoms with E-state index in [9.17, 15) is 4.39 Å². The van der Waals surface area contributed by atoms with Crippen molar-refractivity contribution in [2.75, 3.05) is 0 Å². The Bertz CT molecular complexity index is 515. The Hall–Kier alpha value is -2.22. The molecule has 0 fully saturated rings. The Morgan fingerprint density at radius 1 is 1.40 bits per heavy atom. The van der Waals surface area contributed by atoms with Gasteiger partial charge in [-0.15, -0.1) is 0 Å². The van der Waals surface area contributed by atoms with Crippen molar-refractivity contribution in [2.45, 2.75) is 6.42 Å². The number of nitriles is 1. The number of aromatic nitrogens is 2. The largest absolute Gasteiger partial charge is 0.334 e. The summed E-state index contributed by atoms with van der Waals surface area (Å²) in [6.07, 6.45) is 0.0535. The van der Waals surface area contributed by atoms with E-state index in [0.717, 1.165) is 0 Å². The molecule has 0 N–H and O–H groups in total. The topological polar surface area (TPSA) is 62.7 Å². The van der Waals surface area contributed by atoms with Gasteiger partial charge in [-0.25, -0.2) is 4.39 Å². The highest BCUT2D eigenvalue weighted by atomic mass is 19.1. The summed E-state index contributed by atoms with van der Waals surface area (Å²) in [4.78, 5) is 3.89. The molecule has 5 heteroatoms. The molecule has 2 aromatic rings. The monoisotopic (exact) mass is 203 g/mol. The summed E-state index contributed by atoms with van der Waals surface area (Å²) in [5, 5.41) is 12.0. The molecule has 0 bridgehead atoms. The summed E-state index contributed by atoms with van der Waals surface area (Å²) in [7, 11) is 0. The lowest BCUT2D eigenvalue weighted by atomic mass is 10.2. The quantitative estimate of drug-likeness (QED) is 0.748. The molecule has 0 aliphatic rings. The zero-order chi connectivity index (χ0) is 10.7. The van der Waals surface area contributed by atoms with Crippen molar-refractivity contribution in [2.24, 2.45) is 0 Å². The molecule has 0 saturated carbocycles. The van der Waals surface area contributed by atoms with Crippen LogP contribution in [0, 0.1) is 17.1 Å². The Kier molecular flexibility index (Phi) is 2.42. The Morgan fingerprint density at radius 3 is 2.93 bits per heavy atom. The zero-order valence-corrected chi connectivity index (χ0v) is 7.64. The van der Waals surface area contributed by atoms with Crippen molar-refractivity contribution in [3.63, 3.8) is 0 Å². The lowest BCUT2D eigenvalue weighted by Crippen LogP contribution is -1.86. The molecule has 0 spiro atoms. The number of benzene rings is 1. The van der Waals surface area contributed by atoms with Crippen LogP contribution < -0.4 is 0 Å². The van der Waals surface area contributed by atoms with Crippen molar-refractivity contribution in [3.05, 3.63) is 35.9 Å². The van der Waals surface area contributed by atoms with E-state index in [4.69, 9.17) is 9.78 Å². The van der Waals surface area contributed by atoms with Gasteiger partial charge in [0.05, 0.1) is 18.1 Å². The first-order valence-corrected chi connectivity index (χ1v) is 4.25. The molecule has 4 nitrogen and oxygen atoms in total. The average molecular weight is 203 g/mol. The maximum Gasteiger partial charge on any atom is 0.260 e. The zero-order valence-electron chi connectivity index (χ0n) is 7.64. The summed E-state index contributed by atoms with van der Waals surface area (Å²) in [6.45, 7) is 0. The van der Waals surface area contributed by atoms with Crippen LogP contribution in [-0.4, -0.2) is 10.1 Å². The molecule has 0 radical (unpaired) electrons. The summed E-state index contributed by atoms with van der Waals surface area (Å²) in [5.74, 6) is -0.0706. The molecule has 1 aromatic heterocycles. The van der Waals surface area contributed by atoms with Gasteiger partial charge in [0.15, 0.2) is 5.82 Å². The summed E-state index contributed by atoms with van der Waals surface area (Å²) in [6, 6.07) is 7.98. The van der Waals surface area contributed by atoms with E-state index in [2.05, 4.69) is 10.1 Å². The molecule has 0 aliphatic heterocycles. The maximum atomic E-state index is 13.3. The second-order valence-corrected chi connectivity index (χ2v) is 2.83. The predicted molar refractivity (Wildman–Crippen MR) is 49.0 cm³/mol. The van der Waals surface area contributed by atoms with Gasteiger partial charge in [-0.3, -0.25) is 0 Å². The Labute approximate surface area is 85.0 Å². The Balaban J connectivity index is 2.38. The molecule has 2 rings (SSSR count). The van der Waals surface area contributed by atoms with Gasteiger partial charge in [0, 0.05) is 0 Å². The standard InChI is InChI=1S/C10H6FN3O/c11-8-4-2-1-3-7(8)10-13-9(5-6-12)14-15-10/h1-4H,5H2. The van der Waals surface area contributed by atoms with Crippen LogP contribution >= 0.6 is 0 Å². The number of hydrogen-bond donors (Lipinski definition) is 0. The van der Waals surface area contributed by atoms with E-state index in [1.807, 2.05) is 6.07 Å². The fourth-order valence-corrected chi connectivity index (χ4v) is 1.14. The minimum atomic E-state index is -0.426. The van der Waals surface area contributed by atoms with Crippen molar-refractivity contribution in [1.82, 2.24) is 10.1 Å². The summed E-state index contributed by atoms with van der Waals surface area (Å²) >= 11 is 0. The van der Waals surface area contributed by atoms with E-state index in [1.165, 1.54) is 6.07 Å². The van der Waals surface area contributed by atoms with Gasteiger partial charge in [0.25, 0.3) is 5.89 Å². The molecule has 0 amide bonds. The van der Waals surface area contributed by atoms with Gasteiger partial charge < -0.3 is 4.52 Å². The van der Waals surface area contributed by atoms with E-state index in [-0.39, 0.29) is 23.7 Å². The van der Waals surface area contributed by atoms with Crippen LogP contribution in [0.4, 0.5) is 4.39 Å². The van der Waals surface area contributed by atoms with E-state index >= 15 is 0 Å². The maximum absolute atomic E-state index is 13.3. The molecule has 0 atom stereocenters. The molecule has 1 aromatic carbocycles. The Morgan fingerprint density at radius 2 is 2.20 bits per heavy atom. The highest BCUT2D eigenvalue weighted by Crippen LogP contribution is 2.20. The van der Waals surface area contributed by atoms with Crippen LogP contribution in [0.1, 0.15) is 5.82 Å². The van der Waals surface area contributed by atoms with Crippen LogP contribution in [0.25, 0.3) is 11.5 Å². The SMILES string of the molecule is N#CCc1noc(-c2ccccc2F)n1. The van der Waals surface area contributed by atoms with Crippen molar-refractivity contribution in [3.8, 4) is 17.5 Å². The van der Waals surface area contributed by atoms with Gasteiger partial charge in [-0.05, 0) is 12.1 Å². The van der Waals surface area contributed by atoms with Crippen LogP contribution in [0.2, 0.25) is 0 Å². The third-order valence-electron chi connectivity index (χ3n) is 1.81. The van der Waals surface area contributed by atoms with Gasteiger partial charge in [-0.2, -0.15) is 10.2 Å². The number of nitrogens with zero attached hydrogens (tertiary/aromatic N) is 3. The molecular formula is C10H6FN3O. The lowest BCUT2D eigenvalue weighted by molar-refractivity contribution is 0.422. The molecule has 0 aliphatic carbocycles. The van der Waals surface area contributed by atoms with Gasteiger partial charge in [0.2, 0.25) is 0 Å². The third-order valence-corrected chi connectivity index (χ3v) is 1.81. The number of halogens is 1. The van der Waals surface area contributed by atoms with Crippen molar-refractivity contribution in [1.29, 1.82) is 5.26 Å². The second-order valence-electron chi connectivity index (χ2n) is 2.83. The summed E-state index contributed by atoms with van der Waals surface area (Å²) < 4.78 is 18.1. The normalized spacial score (nSPS) is 9.87. The molecule has 0 saturated heterocycles.